The monoisotopic (exact) mass is 182 g/mol. The van der Waals surface area contributed by atoms with E-state index in [-0.39, 0.29) is 0 Å². The molecule has 1 aromatic rings. The van der Waals surface area contributed by atoms with Gasteiger partial charge in [-0.3, -0.25) is 9.48 Å². The molecule has 1 atom stereocenters. The summed E-state index contributed by atoms with van der Waals surface area (Å²) in [6, 6.07) is 1.94. The Kier molecular flexibility index (Phi) is 2.70. The van der Waals surface area contributed by atoms with Crippen molar-refractivity contribution in [1.29, 1.82) is 0 Å². The highest BCUT2D eigenvalue weighted by Crippen LogP contribution is 2.06. The molecule has 0 saturated carbocycles. The topological polar surface area (TPSA) is 55.1 Å². The Balaban J connectivity index is 2.74. The maximum atomic E-state index is 10.6. The van der Waals surface area contributed by atoms with Crippen LogP contribution in [-0.2, 0) is 11.3 Å². The van der Waals surface area contributed by atoms with E-state index in [4.69, 9.17) is 5.11 Å². The molecule has 1 heterocycles. The van der Waals surface area contributed by atoms with Crippen molar-refractivity contribution in [3.8, 4) is 0 Å². The summed E-state index contributed by atoms with van der Waals surface area (Å²) in [7, 11) is 0. The minimum atomic E-state index is -0.785. The molecule has 0 aliphatic heterocycles. The van der Waals surface area contributed by atoms with Crippen LogP contribution < -0.4 is 0 Å². The van der Waals surface area contributed by atoms with Gasteiger partial charge < -0.3 is 5.11 Å². The van der Waals surface area contributed by atoms with Crippen molar-refractivity contribution in [2.75, 3.05) is 0 Å². The molecule has 0 aliphatic carbocycles. The molecule has 4 heteroatoms. The van der Waals surface area contributed by atoms with Crippen LogP contribution in [0.2, 0.25) is 0 Å². The molecule has 72 valence electrons. The summed E-state index contributed by atoms with van der Waals surface area (Å²) in [6.07, 6.45) is 0. The van der Waals surface area contributed by atoms with Crippen molar-refractivity contribution < 1.29 is 9.90 Å². The van der Waals surface area contributed by atoms with Gasteiger partial charge in [0, 0.05) is 5.69 Å². The van der Waals surface area contributed by atoms with Crippen molar-refractivity contribution in [3.05, 3.63) is 17.5 Å². The Morgan fingerprint density at radius 2 is 2.31 bits per heavy atom. The lowest BCUT2D eigenvalue weighted by Crippen LogP contribution is -2.18. The van der Waals surface area contributed by atoms with E-state index in [0.717, 1.165) is 11.4 Å². The van der Waals surface area contributed by atoms with E-state index < -0.39 is 11.9 Å². The Bertz CT molecular complexity index is 317. The molecule has 4 nitrogen and oxygen atoms in total. The van der Waals surface area contributed by atoms with E-state index in [1.54, 1.807) is 11.6 Å². The average Bonchev–Trinajstić information content (AvgIpc) is 2.30. The number of hydrogen-bond donors (Lipinski definition) is 1. The predicted molar refractivity (Wildman–Crippen MR) is 48.5 cm³/mol. The summed E-state index contributed by atoms with van der Waals surface area (Å²) >= 11 is 0. The van der Waals surface area contributed by atoms with Gasteiger partial charge in [0.25, 0.3) is 0 Å². The van der Waals surface area contributed by atoms with Crippen LogP contribution in [0.1, 0.15) is 18.3 Å². The summed E-state index contributed by atoms with van der Waals surface area (Å²) in [5, 5.41) is 12.9. The van der Waals surface area contributed by atoms with Gasteiger partial charge in [-0.1, -0.05) is 6.92 Å². The Morgan fingerprint density at radius 1 is 1.69 bits per heavy atom. The van der Waals surface area contributed by atoms with Gasteiger partial charge in [-0.05, 0) is 19.9 Å². The van der Waals surface area contributed by atoms with Crippen LogP contribution in [0.5, 0.6) is 0 Å². The number of carboxylic acids is 1. The third-order valence-electron chi connectivity index (χ3n) is 1.97. The normalized spacial score (nSPS) is 12.8. The molecule has 1 rings (SSSR count). The van der Waals surface area contributed by atoms with Crippen LogP contribution in [-0.4, -0.2) is 20.9 Å². The summed E-state index contributed by atoms with van der Waals surface area (Å²) in [5.74, 6) is -1.18. The summed E-state index contributed by atoms with van der Waals surface area (Å²) in [5.41, 5.74) is 1.93. The van der Waals surface area contributed by atoms with E-state index in [9.17, 15) is 4.79 Å². The standard InChI is InChI=1S/C9H14N2O2/c1-6(9(12)13)5-11-8(3)4-7(2)10-11/h4,6H,5H2,1-3H3,(H,12,13)/t6-/m1/s1. The molecule has 0 aliphatic rings. The van der Waals surface area contributed by atoms with Gasteiger partial charge in [-0.2, -0.15) is 5.10 Å². The predicted octanol–water partition coefficient (Wildman–Crippen LogP) is 1.22. The smallest absolute Gasteiger partial charge is 0.308 e. The highest BCUT2D eigenvalue weighted by atomic mass is 16.4. The number of aliphatic carboxylic acids is 1. The van der Waals surface area contributed by atoms with Gasteiger partial charge in [0.15, 0.2) is 0 Å². The van der Waals surface area contributed by atoms with Crippen LogP contribution in [0.25, 0.3) is 0 Å². The Hall–Kier alpha value is -1.32. The quantitative estimate of drug-likeness (QED) is 0.764. The van der Waals surface area contributed by atoms with E-state index >= 15 is 0 Å². The lowest BCUT2D eigenvalue weighted by Gasteiger charge is -2.07. The van der Waals surface area contributed by atoms with E-state index in [2.05, 4.69) is 5.10 Å². The second-order valence-electron chi connectivity index (χ2n) is 3.35. The first-order chi connectivity index (χ1) is 6.00. The number of aromatic nitrogens is 2. The average molecular weight is 182 g/mol. The Labute approximate surface area is 77.2 Å². The molecule has 13 heavy (non-hydrogen) atoms. The van der Waals surface area contributed by atoms with Gasteiger partial charge in [0.1, 0.15) is 0 Å². The zero-order valence-corrected chi connectivity index (χ0v) is 8.11. The summed E-state index contributed by atoms with van der Waals surface area (Å²) in [6.45, 7) is 5.94. The number of carbonyl (C=O) groups is 1. The van der Waals surface area contributed by atoms with Gasteiger partial charge in [-0.15, -0.1) is 0 Å². The second kappa shape index (κ2) is 3.60. The molecule has 0 spiro atoms. The minimum Gasteiger partial charge on any atom is -0.481 e. The molecule has 0 aromatic carbocycles. The Morgan fingerprint density at radius 3 is 2.69 bits per heavy atom. The van der Waals surface area contributed by atoms with Crippen molar-refractivity contribution >= 4 is 5.97 Å². The van der Waals surface area contributed by atoms with Crippen LogP contribution in [0.3, 0.4) is 0 Å². The third-order valence-corrected chi connectivity index (χ3v) is 1.97. The van der Waals surface area contributed by atoms with Crippen molar-refractivity contribution in [3.63, 3.8) is 0 Å². The zero-order valence-electron chi connectivity index (χ0n) is 8.11. The zero-order chi connectivity index (χ0) is 10.0. The fourth-order valence-corrected chi connectivity index (χ4v) is 1.20. The molecule has 0 saturated heterocycles. The minimum absolute atomic E-state index is 0.391. The van der Waals surface area contributed by atoms with Gasteiger partial charge in [0.05, 0.1) is 18.2 Å². The molecule has 1 N–H and O–H groups in total. The number of carboxylic acid groups (broad SMARTS) is 1. The maximum Gasteiger partial charge on any atom is 0.308 e. The maximum absolute atomic E-state index is 10.6. The van der Waals surface area contributed by atoms with Crippen LogP contribution in [0.15, 0.2) is 6.07 Å². The number of aryl methyl sites for hydroxylation is 2. The third kappa shape index (κ3) is 2.31. The molecule has 1 aromatic heterocycles. The van der Waals surface area contributed by atoms with Gasteiger partial charge >= 0.3 is 5.97 Å². The highest BCUT2D eigenvalue weighted by molar-refractivity contribution is 5.69. The molecule has 0 amide bonds. The molecular weight excluding hydrogens is 168 g/mol. The molecular formula is C9H14N2O2. The van der Waals surface area contributed by atoms with Crippen LogP contribution >= 0.6 is 0 Å². The first kappa shape index (κ1) is 9.77. The van der Waals surface area contributed by atoms with Crippen molar-refractivity contribution in [2.45, 2.75) is 27.3 Å². The molecule has 0 bridgehead atoms. The lowest BCUT2D eigenvalue weighted by molar-refractivity contribution is -0.141. The first-order valence-electron chi connectivity index (χ1n) is 4.24. The van der Waals surface area contributed by atoms with E-state index in [1.807, 2.05) is 19.9 Å². The lowest BCUT2D eigenvalue weighted by atomic mass is 10.2. The SMILES string of the molecule is Cc1cc(C)n(C[C@@H](C)C(=O)O)n1. The van der Waals surface area contributed by atoms with E-state index in [1.165, 1.54) is 0 Å². The summed E-state index contributed by atoms with van der Waals surface area (Å²) in [4.78, 5) is 10.6. The van der Waals surface area contributed by atoms with Crippen LogP contribution in [0, 0.1) is 19.8 Å². The molecule has 0 radical (unpaired) electrons. The molecule has 0 fully saturated rings. The fraction of sp³-hybridized carbons (Fsp3) is 0.556. The van der Waals surface area contributed by atoms with Crippen molar-refractivity contribution in [2.24, 2.45) is 5.92 Å². The number of hydrogen-bond acceptors (Lipinski definition) is 2. The second-order valence-corrected chi connectivity index (χ2v) is 3.35. The number of nitrogens with zero attached hydrogens (tertiary/aromatic N) is 2. The first-order valence-corrected chi connectivity index (χ1v) is 4.24. The summed E-state index contributed by atoms with van der Waals surface area (Å²) < 4.78 is 1.73. The fourth-order valence-electron chi connectivity index (χ4n) is 1.20. The van der Waals surface area contributed by atoms with Gasteiger partial charge in [0.2, 0.25) is 0 Å². The van der Waals surface area contributed by atoms with Crippen LogP contribution in [0.4, 0.5) is 0 Å². The van der Waals surface area contributed by atoms with Gasteiger partial charge in [-0.25, -0.2) is 0 Å². The van der Waals surface area contributed by atoms with Crippen molar-refractivity contribution in [1.82, 2.24) is 9.78 Å². The highest BCUT2D eigenvalue weighted by Gasteiger charge is 2.13. The van der Waals surface area contributed by atoms with E-state index in [0.29, 0.717) is 6.54 Å². The largest absolute Gasteiger partial charge is 0.481 e. The molecule has 0 unspecified atom stereocenters. The number of rotatable bonds is 3.